The lowest BCUT2D eigenvalue weighted by atomic mass is 9.99. The highest BCUT2D eigenvalue weighted by Gasteiger charge is 2.39. The van der Waals surface area contributed by atoms with E-state index >= 15 is 0 Å². The van der Waals surface area contributed by atoms with E-state index in [9.17, 15) is 0 Å². The van der Waals surface area contributed by atoms with Gasteiger partial charge in [0.05, 0.1) is 6.10 Å². The van der Waals surface area contributed by atoms with E-state index in [-0.39, 0.29) is 5.01 Å². The van der Waals surface area contributed by atoms with Crippen LogP contribution in [-0.4, -0.2) is 29.2 Å². The first-order chi connectivity index (χ1) is 5.79. The molecule has 0 saturated carbocycles. The second-order valence-electron chi connectivity index (χ2n) is 3.31. The standard InChI is InChI=1S/C8H12Br2O2/c9-6-2-4-11-7(6)5-1-3-12-8(5)10/h5-8H,1-4H2. The van der Waals surface area contributed by atoms with Crippen LogP contribution in [0.4, 0.5) is 0 Å². The zero-order valence-corrected chi connectivity index (χ0v) is 9.88. The number of alkyl halides is 2. The first kappa shape index (κ1) is 9.44. The Labute approximate surface area is 89.2 Å². The van der Waals surface area contributed by atoms with Crippen molar-refractivity contribution in [2.24, 2.45) is 5.92 Å². The highest BCUT2D eigenvalue weighted by atomic mass is 79.9. The topological polar surface area (TPSA) is 18.5 Å². The number of hydrogen-bond donors (Lipinski definition) is 0. The normalized spacial score (nSPS) is 48.5. The molecule has 2 fully saturated rings. The van der Waals surface area contributed by atoms with Gasteiger partial charge in [0.15, 0.2) is 0 Å². The van der Waals surface area contributed by atoms with Gasteiger partial charge in [0, 0.05) is 24.0 Å². The Balaban J connectivity index is 1.98. The summed E-state index contributed by atoms with van der Waals surface area (Å²) in [5, 5.41) is 0.195. The van der Waals surface area contributed by atoms with Crippen LogP contribution in [0, 0.1) is 5.92 Å². The molecule has 2 heterocycles. The zero-order valence-electron chi connectivity index (χ0n) is 6.71. The molecule has 12 heavy (non-hydrogen) atoms. The zero-order chi connectivity index (χ0) is 8.55. The van der Waals surface area contributed by atoms with Crippen LogP contribution < -0.4 is 0 Å². The Hall–Kier alpha value is 0.880. The molecule has 2 nitrogen and oxygen atoms in total. The van der Waals surface area contributed by atoms with Gasteiger partial charge in [-0.1, -0.05) is 31.9 Å². The first-order valence-electron chi connectivity index (χ1n) is 4.30. The lowest BCUT2D eigenvalue weighted by Gasteiger charge is -2.22. The highest BCUT2D eigenvalue weighted by molar-refractivity contribution is 9.09. The Bertz CT molecular complexity index is 147. The minimum Gasteiger partial charge on any atom is -0.377 e. The van der Waals surface area contributed by atoms with E-state index in [1.54, 1.807) is 0 Å². The van der Waals surface area contributed by atoms with Crippen molar-refractivity contribution in [3.63, 3.8) is 0 Å². The summed E-state index contributed by atoms with van der Waals surface area (Å²) >= 11 is 7.16. The molecule has 70 valence electrons. The Morgan fingerprint density at radius 3 is 2.25 bits per heavy atom. The molecule has 0 amide bonds. The molecule has 0 aromatic carbocycles. The van der Waals surface area contributed by atoms with Crippen LogP contribution in [0.2, 0.25) is 0 Å². The first-order valence-corrected chi connectivity index (χ1v) is 6.13. The van der Waals surface area contributed by atoms with Crippen LogP contribution in [-0.2, 0) is 9.47 Å². The average molecular weight is 300 g/mol. The van der Waals surface area contributed by atoms with Gasteiger partial charge in [-0.15, -0.1) is 0 Å². The van der Waals surface area contributed by atoms with Gasteiger partial charge in [0.2, 0.25) is 0 Å². The average Bonchev–Trinajstić information content (AvgIpc) is 2.59. The van der Waals surface area contributed by atoms with Gasteiger partial charge in [-0.3, -0.25) is 0 Å². The molecule has 2 aliphatic rings. The van der Waals surface area contributed by atoms with Crippen LogP contribution in [0.3, 0.4) is 0 Å². The smallest absolute Gasteiger partial charge is 0.117 e. The van der Waals surface area contributed by atoms with E-state index < -0.39 is 0 Å². The maximum atomic E-state index is 5.66. The van der Waals surface area contributed by atoms with E-state index in [4.69, 9.17) is 9.47 Å². The molecule has 2 rings (SSSR count). The second-order valence-corrected chi connectivity index (χ2v) is 5.39. The van der Waals surface area contributed by atoms with E-state index in [1.165, 1.54) is 0 Å². The van der Waals surface area contributed by atoms with E-state index in [1.807, 2.05) is 0 Å². The summed E-state index contributed by atoms with van der Waals surface area (Å²) in [6.07, 6.45) is 2.58. The maximum Gasteiger partial charge on any atom is 0.117 e. The van der Waals surface area contributed by atoms with Crippen molar-refractivity contribution in [2.45, 2.75) is 28.8 Å². The van der Waals surface area contributed by atoms with Crippen molar-refractivity contribution >= 4 is 31.9 Å². The summed E-state index contributed by atoms with van der Waals surface area (Å²) < 4.78 is 11.1. The Morgan fingerprint density at radius 2 is 1.75 bits per heavy atom. The molecule has 0 N–H and O–H groups in total. The largest absolute Gasteiger partial charge is 0.377 e. The third kappa shape index (κ3) is 1.72. The number of ether oxygens (including phenoxy) is 2. The van der Waals surface area contributed by atoms with Crippen molar-refractivity contribution < 1.29 is 9.47 Å². The minimum absolute atomic E-state index is 0.195. The van der Waals surface area contributed by atoms with E-state index in [0.717, 1.165) is 26.1 Å². The van der Waals surface area contributed by atoms with E-state index in [0.29, 0.717) is 16.8 Å². The third-order valence-corrected chi connectivity index (χ3v) is 4.47. The van der Waals surface area contributed by atoms with Crippen LogP contribution in [0.25, 0.3) is 0 Å². The van der Waals surface area contributed by atoms with Crippen molar-refractivity contribution in [1.82, 2.24) is 0 Å². The van der Waals surface area contributed by atoms with Crippen LogP contribution >= 0.6 is 31.9 Å². The van der Waals surface area contributed by atoms with Gasteiger partial charge in [-0.2, -0.15) is 0 Å². The van der Waals surface area contributed by atoms with Crippen LogP contribution in [0.5, 0.6) is 0 Å². The van der Waals surface area contributed by atoms with Gasteiger partial charge < -0.3 is 9.47 Å². The summed E-state index contributed by atoms with van der Waals surface area (Å²) in [4.78, 5) is 0.518. The van der Waals surface area contributed by atoms with Gasteiger partial charge in [-0.25, -0.2) is 0 Å². The summed E-state index contributed by atoms with van der Waals surface area (Å²) in [7, 11) is 0. The lowest BCUT2D eigenvalue weighted by molar-refractivity contribution is 0.0509. The Kier molecular flexibility index (Phi) is 3.10. The van der Waals surface area contributed by atoms with Crippen LogP contribution in [0.1, 0.15) is 12.8 Å². The van der Waals surface area contributed by atoms with Crippen molar-refractivity contribution in [3.8, 4) is 0 Å². The third-order valence-electron chi connectivity index (χ3n) is 2.55. The summed E-state index contributed by atoms with van der Waals surface area (Å²) in [6.45, 7) is 1.75. The van der Waals surface area contributed by atoms with E-state index in [2.05, 4.69) is 31.9 Å². The molecule has 4 heteroatoms. The molecule has 0 spiro atoms. The molecule has 0 aromatic heterocycles. The fourth-order valence-electron chi connectivity index (χ4n) is 1.86. The minimum atomic E-state index is 0.195. The molecule has 4 atom stereocenters. The monoisotopic (exact) mass is 298 g/mol. The van der Waals surface area contributed by atoms with Crippen molar-refractivity contribution in [3.05, 3.63) is 0 Å². The fourth-order valence-corrected chi connectivity index (χ4v) is 3.35. The molecule has 0 radical (unpaired) electrons. The molecular weight excluding hydrogens is 288 g/mol. The SMILES string of the molecule is BrC1CCOC1C1CCOC1Br. The molecule has 0 bridgehead atoms. The Morgan fingerprint density at radius 1 is 1.00 bits per heavy atom. The van der Waals surface area contributed by atoms with Crippen molar-refractivity contribution in [2.75, 3.05) is 13.2 Å². The lowest BCUT2D eigenvalue weighted by Crippen LogP contribution is -2.29. The summed E-state index contributed by atoms with van der Waals surface area (Å²) in [5.74, 6) is 0.525. The maximum absolute atomic E-state index is 5.66. The molecular formula is C8H12Br2O2. The second kappa shape index (κ2) is 3.95. The summed E-state index contributed by atoms with van der Waals surface area (Å²) in [5.41, 5.74) is 0. The molecule has 4 unspecified atom stereocenters. The van der Waals surface area contributed by atoms with Gasteiger partial charge in [-0.05, 0) is 12.8 Å². The molecule has 2 aliphatic heterocycles. The molecule has 2 saturated heterocycles. The fraction of sp³-hybridized carbons (Fsp3) is 1.00. The number of hydrogen-bond acceptors (Lipinski definition) is 2. The van der Waals surface area contributed by atoms with Gasteiger partial charge in [0.1, 0.15) is 5.01 Å². The predicted molar refractivity (Wildman–Crippen MR) is 53.8 cm³/mol. The van der Waals surface area contributed by atoms with Crippen molar-refractivity contribution in [1.29, 1.82) is 0 Å². The van der Waals surface area contributed by atoms with Gasteiger partial charge in [0.25, 0.3) is 0 Å². The molecule has 0 aromatic rings. The quantitative estimate of drug-likeness (QED) is 0.692. The van der Waals surface area contributed by atoms with Crippen LogP contribution in [0.15, 0.2) is 0 Å². The number of rotatable bonds is 1. The molecule has 0 aliphatic carbocycles. The number of halogens is 2. The summed E-state index contributed by atoms with van der Waals surface area (Å²) in [6, 6.07) is 0. The highest BCUT2D eigenvalue weighted by Crippen LogP contribution is 2.36. The predicted octanol–water partition coefficient (Wildman–Crippen LogP) is 2.30. The van der Waals surface area contributed by atoms with Gasteiger partial charge >= 0.3 is 0 Å².